The Bertz CT molecular complexity index is 694. The first-order valence-electron chi connectivity index (χ1n) is 6.34. The van der Waals surface area contributed by atoms with Gasteiger partial charge in [0.1, 0.15) is 6.33 Å². The Balaban J connectivity index is 1.64. The molecule has 1 unspecified atom stereocenters. The average molecular weight is 337 g/mol. The Morgan fingerprint density at radius 3 is 2.76 bits per heavy atom. The predicted octanol–water partition coefficient (Wildman–Crippen LogP) is 4.84. The summed E-state index contributed by atoms with van der Waals surface area (Å²) in [6.07, 6.45) is 1.51. The number of aromatic amines is 1. The number of hydrogen-bond donors (Lipinski definition) is 2. The van der Waals surface area contributed by atoms with Crippen LogP contribution >= 0.6 is 34.7 Å². The number of benzene rings is 1. The quantitative estimate of drug-likeness (QED) is 0.699. The highest BCUT2D eigenvalue weighted by atomic mass is 35.5. The van der Waals surface area contributed by atoms with Crippen LogP contribution < -0.4 is 5.32 Å². The molecular formula is C14H13ClN4S2. The summed E-state index contributed by atoms with van der Waals surface area (Å²) in [4.78, 5) is 5.21. The molecule has 0 amide bonds. The van der Waals surface area contributed by atoms with E-state index >= 15 is 0 Å². The zero-order valence-corrected chi connectivity index (χ0v) is 13.6. The highest BCUT2D eigenvalue weighted by Crippen LogP contribution is 2.29. The summed E-state index contributed by atoms with van der Waals surface area (Å²) in [5, 5.41) is 13.0. The van der Waals surface area contributed by atoms with Crippen LogP contribution in [0.3, 0.4) is 0 Å². The van der Waals surface area contributed by atoms with Crippen LogP contribution in [0.2, 0.25) is 4.34 Å². The zero-order chi connectivity index (χ0) is 14.7. The molecule has 0 saturated heterocycles. The van der Waals surface area contributed by atoms with Crippen molar-refractivity contribution in [3.8, 4) is 0 Å². The number of nitrogens with one attached hydrogen (secondary N) is 2. The van der Waals surface area contributed by atoms with Crippen molar-refractivity contribution >= 4 is 40.4 Å². The van der Waals surface area contributed by atoms with Gasteiger partial charge in [0.2, 0.25) is 0 Å². The minimum Gasteiger partial charge on any atom is -0.378 e. The molecule has 108 valence electrons. The molecule has 1 atom stereocenters. The molecule has 0 fully saturated rings. The molecule has 3 rings (SSSR count). The van der Waals surface area contributed by atoms with E-state index in [1.807, 2.05) is 6.07 Å². The molecule has 0 aliphatic carbocycles. The molecule has 0 radical (unpaired) electrons. The van der Waals surface area contributed by atoms with Crippen LogP contribution in [0.15, 0.2) is 52.1 Å². The summed E-state index contributed by atoms with van der Waals surface area (Å²) >= 11 is 9.07. The van der Waals surface area contributed by atoms with Crippen molar-refractivity contribution in [2.75, 3.05) is 5.32 Å². The van der Waals surface area contributed by atoms with E-state index in [1.54, 1.807) is 23.1 Å². The van der Waals surface area contributed by atoms with E-state index in [0.29, 0.717) is 0 Å². The van der Waals surface area contributed by atoms with Crippen molar-refractivity contribution in [1.82, 2.24) is 15.2 Å². The van der Waals surface area contributed by atoms with Gasteiger partial charge >= 0.3 is 0 Å². The molecule has 1 aromatic carbocycles. The second-order valence-corrected chi connectivity index (χ2v) is 7.07. The van der Waals surface area contributed by atoms with E-state index in [2.05, 4.69) is 57.1 Å². The first-order chi connectivity index (χ1) is 10.2. The van der Waals surface area contributed by atoms with Gasteiger partial charge in [-0.2, -0.15) is 5.10 Å². The van der Waals surface area contributed by atoms with E-state index in [0.717, 1.165) is 20.1 Å². The largest absolute Gasteiger partial charge is 0.378 e. The SMILES string of the molecule is CC(Nc1ccc(Sc2ncn[nH]2)cc1)c1csc(Cl)c1. The summed E-state index contributed by atoms with van der Waals surface area (Å²) in [5.74, 6) is 0. The third-order valence-corrected chi connectivity index (χ3v) is 4.94. The highest BCUT2D eigenvalue weighted by molar-refractivity contribution is 7.99. The van der Waals surface area contributed by atoms with Crippen LogP contribution in [0.5, 0.6) is 0 Å². The Hall–Kier alpha value is -1.50. The van der Waals surface area contributed by atoms with Crippen molar-refractivity contribution in [3.05, 3.63) is 51.9 Å². The highest BCUT2D eigenvalue weighted by Gasteiger charge is 2.08. The van der Waals surface area contributed by atoms with E-state index in [9.17, 15) is 0 Å². The molecule has 0 aliphatic rings. The monoisotopic (exact) mass is 336 g/mol. The number of aromatic nitrogens is 3. The van der Waals surface area contributed by atoms with Gasteiger partial charge in [-0.1, -0.05) is 23.4 Å². The van der Waals surface area contributed by atoms with Gasteiger partial charge in [0.25, 0.3) is 0 Å². The van der Waals surface area contributed by atoms with E-state index in [-0.39, 0.29) is 6.04 Å². The van der Waals surface area contributed by atoms with Gasteiger partial charge in [-0.15, -0.1) is 11.3 Å². The third kappa shape index (κ3) is 3.78. The zero-order valence-electron chi connectivity index (χ0n) is 11.2. The molecule has 0 saturated carbocycles. The first-order valence-corrected chi connectivity index (χ1v) is 8.42. The Morgan fingerprint density at radius 1 is 1.33 bits per heavy atom. The maximum atomic E-state index is 5.97. The molecular weight excluding hydrogens is 324 g/mol. The van der Waals surface area contributed by atoms with Crippen LogP contribution in [0, 0.1) is 0 Å². The molecule has 0 bridgehead atoms. The molecule has 2 N–H and O–H groups in total. The normalized spacial score (nSPS) is 12.3. The summed E-state index contributed by atoms with van der Waals surface area (Å²) in [6.45, 7) is 2.12. The van der Waals surface area contributed by atoms with Crippen LogP contribution in [0.1, 0.15) is 18.5 Å². The molecule has 21 heavy (non-hydrogen) atoms. The molecule has 4 nitrogen and oxygen atoms in total. The molecule has 0 spiro atoms. The summed E-state index contributed by atoms with van der Waals surface area (Å²) < 4.78 is 0.817. The molecule has 2 heterocycles. The fourth-order valence-electron chi connectivity index (χ4n) is 1.86. The van der Waals surface area contributed by atoms with Gasteiger partial charge in [-0.25, -0.2) is 4.98 Å². The van der Waals surface area contributed by atoms with Gasteiger partial charge in [0.05, 0.1) is 4.34 Å². The number of nitrogens with zero attached hydrogens (tertiary/aromatic N) is 2. The number of H-pyrrole nitrogens is 1. The lowest BCUT2D eigenvalue weighted by Crippen LogP contribution is -2.05. The van der Waals surface area contributed by atoms with Crippen LogP contribution in [0.25, 0.3) is 0 Å². The van der Waals surface area contributed by atoms with Crippen LogP contribution in [-0.2, 0) is 0 Å². The summed E-state index contributed by atoms with van der Waals surface area (Å²) in [5.41, 5.74) is 2.27. The van der Waals surface area contributed by atoms with Gasteiger partial charge in [0.15, 0.2) is 5.16 Å². The fraction of sp³-hybridized carbons (Fsp3) is 0.143. The smallest absolute Gasteiger partial charge is 0.188 e. The van der Waals surface area contributed by atoms with Gasteiger partial charge in [-0.05, 0) is 48.2 Å². The van der Waals surface area contributed by atoms with Crippen molar-refractivity contribution < 1.29 is 0 Å². The van der Waals surface area contributed by atoms with Gasteiger partial charge in [-0.3, -0.25) is 5.10 Å². The molecule has 3 aromatic rings. The van der Waals surface area contributed by atoms with E-state index < -0.39 is 0 Å². The lowest BCUT2D eigenvalue weighted by atomic mass is 10.1. The average Bonchev–Trinajstić information content (AvgIpc) is 3.12. The van der Waals surface area contributed by atoms with E-state index in [1.165, 1.54) is 11.9 Å². The van der Waals surface area contributed by atoms with Crippen LogP contribution in [-0.4, -0.2) is 15.2 Å². The number of anilines is 1. The second-order valence-electron chi connectivity index (χ2n) is 4.47. The minimum absolute atomic E-state index is 0.224. The number of rotatable bonds is 5. The molecule has 2 aromatic heterocycles. The van der Waals surface area contributed by atoms with E-state index in [4.69, 9.17) is 11.6 Å². The minimum atomic E-state index is 0.224. The van der Waals surface area contributed by atoms with Gasteiger partial charge in [0, 0.05) is 16.6 Å². The molecule has 0 aliphatic heterocycles. The van der Waals surface area contributed by atoms with Crippen molar-refractivity contribution in [1.29, 1.82) is 0 Å². The topological polar surface area (TPSA) is 53.6 Å². The van der Waals surface area contributed by atoms with Crippen molar-refractivity contribution in [2.45, 2.75) is 23.0 Å². The maximum Gasteiger partial charge on any atom is 0.188 e. The lowest BCUT2D eigenvalue weighted by Gasteiger charge is -2.14. The van der Waals surface area contributed by atoms with Crippen molar-refractivity contribution in [2.24, 2.45) is 0 Å². The number of halogens is 1. The molecule has 7 heteroatoms. The first kappa shape index (κ1) is 14.4. The predicted molar refractivity (Wildman–Crippen MR) is 88.3 cm³/mol. The number of thiophene rings is 1. The standard InChI is InChI=1S/C14H13ClN4S2/c1-9(10-6-13(15)20-7-10)18-11-2-4-12(5-3-11)21-14-16-8-17-19-14/h2-9,18H,1H3,(H,16,17,19). The summed E-state index contributed by atoms with van der Waals surface area (Å²) in [7, 11) is 0. The summed E-state index contributed by atoms with van der Waals surface area (Å²) in [6, 6.07) is 10.5. The van der Waals surface area contributed by atoms with Crippen molar-refractivity contribution in [3.63, 3.8) is 0 Å². The number of hydrogen-bond acceptors (Lipinski definition) is 5. The fourth-order valence-corrected chi connectivity index (χ4v) is 3.54. The Morgan fingerprint density at radius 2 is 2.14 bits per heavy atom. The maximum absolute atomic E-state index is 5.97. The van der Waals surface area contributed by atoms with Crippen LogP contribution in [0.4, 0.5) is 5.69 Å². The lowest BCUT2D eigenvalue weighted by molar-refractivity contribution is 0.890. The van der Waals surface area contributed by atoms with Gasteiger partial charge < -0.3 is 5.32 Å². The Kier molecular flexibility index (Phi) is 4.48. The third-order valence-electron chi connectivity index (χ3n) is 2.93. The Labute approximate surface area is 136 Å². The second kappa shape index (κ2) is 6.51.